The molecule has 2 aromatic carbocycles. The Kier molecular flexibility index (Phi) is 7.22. The van der Waals surface area contributed by atoms with Gasteiger partial charge in [-0.1, -0.05) is 17.3 Å². The molecular formula is C25H29N5O4. The molecule has 9 nitrogen and oxygen atoms in total. The van der Waals surface area contributed by atoms with E-state index in [1.165, 1.54) is 0 Å². The van der Waals surface area contributed by atoms with Gasteiger partial charge in [-0.05, 0) is 55.3 Å². The molecule has 178 valence electrons. The van der Waals surface area contributed by atoms with Crippen molar-refractivity contribution in [1.29, 1.82) is 0 Å². The third-order valence-corrected chi connectivity index (χ3v) is 5.80. The summed E-state index contributed by atoms with van der Waals surface area (Å²) in [6, 6.07) is 12.9. The van der Waals surface area contributed by atoms with Gasteiger partial charge in [0.05, 0.1) is 13.2 Å². The number of carbonyl (C=O) groups is 2. The zero-order chi connectivity index (χ0) is 24.1. The SMILES string of the molecule is Cc1ccc(C)c(NC(=O)N(C)CCc2noc(-c3ccc(C(=O)N4CCOCC4)cc3)n2)c1. The number of benzene rings is 2. The Morgan fingerprint density at radius 2 is 1.82 bits per heavy atom. The molecule has 1 aromatic heterocycles. The lowest BCUT2D eigenvalue weighted by atomic mass is 10.1. The number of anilines is 1. The van der Waals surface area contributed by atoms with Crippen molar-refractivity contribution in [2.45, 2.75) is 20.3 Å². The van der Waals surface area contributed by atoms with Gasteiger partial charge in [0, 0.05) is 49.9 Å². The minimum absolute atomic E-state index is 0.0109. The minimum atomic E-state index is -0.196. The summed E-state index contributed by atoms with van der Waals surface area (Å²) in [6.45, 7) is 6.72. The molecule has 0 unspecified atom stereocenters. The zero-order valence-corrected chi connectivity index (χ0v) is 19.7. The van der Waals surface area contributed by atoms with Crippen molar-refractivity contribution in [3.8, 4) is 11.5 Å². The first-order valence-corrected chi connectivity index (χ1v) is 11.3. The number of hydrogen-bond acceptors (Lipinski definition) is 6. The summed E-state index contributed by atoms with van der Waals surface area (Å²) in [5.74, 6) is 0.876. The molecule has 0 aliphatic carbocycles. The number of amides is 3. The second-order valence-corrected chi connectivity index (χ2v) is 8.42. The first kappa shape index (κ1) is 23.4. The molecule has 0 radical (unpaired) electrons. The Labute approximate surface area is 198 Å². The number of hydrogen-bond donors (Lipinski definition) is 1. The summed E-state index contributed by atoms with van der Waals surface area (Å²) >= 11 is 0. The second kappa shape index (κ2) is 10.5. The standard InChI is InChI=1S/C25H29N5O4/c1-17-4-5-18(2)21(16-17)26-25(32)29(3)11-10-22-27-23(34-28-22)19-6-8-20(9-7-19)24(31)30-12-14-33-15-13-30/h4-9,16H,10-15H2,1-3H3,(H,26,32). The molecule has 0 spiro atoms. The molecule has 9 heteroatoms. The number of rotatable bonds is 6. The number of carbonyl (C=O) groups excluding carboxylic acids is 2. The van der Waals surface area contributed by atoms with Gasteiger partial charge in [0.1, 0.15) is 0 Å². The van der Waals surface area contributed by atoms with Gasteiger partial charge >= 0.3 is 6.03 Å². The van der Waals surface area contributed by atoms with Crippen LogP contribution in [0, 0.1) is 13.8 Å². The monoisotopic (exact) mass is 463 g/mol. The number of nitrogens with one attached hydrogen (secondary N) is 1. The highest BCUT2D eigenvalue weighted by Crippen LogP contribution is 2.20. The van der Waals surface area contributed by atoms with E-state index >= 15 is 0 Å². The van der Waals surface area contributed by atoms with Crippen LogP contribution in [-0.2, 0) is 11.2 Å². The van der Waals surface area contributed by atoms with Crippen molar-refractivity contribution in [2.75, 3.05) is 45.2 Å². The molecule has 3 aromatic rings. The average Bonchev–Trinajstić information content (AvgIpc) is 3.34. The fraction of sp³-hybridized carbons (Fsp3) is 0.360. The van der Waals surface area contributed by atoms with Crippen LogP contribution >= 0.6 is 0 Å². The third-order valence-electron chi connectivity index (χ3n) is 5.80. The van der Waals surface area contributed by atoms with Gasteiger partial charge in [-0.3, -0.25) is 4.79 Å². The number of urea groups is 1. The largest absolute Gasteiger partial charge is 0.378 e. The smallest absolute Gasteiger partial charge is 0.321 e. The van der Waals surface area contributed by atoms with Crippen LogP contribution in [0.1, 0.15) is 27.3 Å². The van der Waals surface area contributed by atoms with E-state index in [-0.39, 0.29) is 11.9 Å². The number of aryl methyl sites for hydroxylation is 2. The maximum absolute atomic E-state index is 12.6. The molecule has 34 heavy (non-hydrogen) atoms. The van der Waals surface area contributed by atoms with Gasteiger partial charge in [0.15, 0.2) is 5.82 Å². The van der Waals surface area contributed by atoms with E-state index in [1.54, 1.807) is 41.1 Å². The molecule has 1 N–H and O–H groups in total. The van der Waals surface area contributed by atoms with Crippen LogP contribution in [0.3, 0.4) is 0 Å². The Balaban J connectivity index is 1.32. The molecule has 0 atom stereocenters. The Hall–Kier alpha value is -3.72. The van der Waals surface area contributed by atoms with E-state index in [0.29, 0.717) is 56.5 Å². The minimum Gasteiger partial charge on any atom is -0.378 e. The quantitative estimate of drug-likeness (QED) is 0.600. The van der Waals surface area contributed by atoms with E-state index in [1.807, 2.05) is 32.0 Å². The molecule has 2 heterocycles. The highest BCUT2D eigenvalue weighted by atomic mass is 16.5. The lowest BCUT2D eigenvalue weighted by Gasteiger charge is -2.26. The van der Waals surface area contributed by atoms with Crippen molar-refractivity contribution in [3.05, 3.63) is 65.0 Å². The van der Waals surface area contributed by atoms with Gasteiger partial charge in [0.2, 0.25) is 0 Å². The van der Waals surface area contributed by atoms with Gasteiger partial charge in [0.25, 0.3) is 11.8 Å². The predicted octanol–water partition coefficient (Wildman–Crippen LogP) is 3.53. The molecule has 1 aliphatic rings. The van der Waals surface area contributed by atoms with Crippen molar-refractivity contribution in [3.63, 3.8) is 0 Å². The highest BCUT2D eigenvalue weighted by Gasteiger charge is 2.19. The summed E-state index contributed by atoms with van der Waals surface area (Å²) in [6.07, 6.45) is 0.452. The van der Waals surface area contributed by atoms with Gasteiger partial charge < -0.3 is 24.4 Å². The summed E-state index contributed by atoms with van der Waals surface area (Å²) in [7, 11) is 1.73. The van der Waals surface area contributed by atoms with Crippen LogP contribution in [0.4, 0.5) is 10.5 Å². The second-order valence-electron chi connectivity index (χ2n) is 8.42. The third kappa shape index (κ3) is 5.60. The predicted molar refractivity (Wildman–Crippen MR) is 128 cm³/mol. The number of likely N-dealkylation sites (N-methyl/N-ethyl adjacent to an activating group) is 1. The van der Waals surface area contributed by atoms with Crippen molar-refractivity contribution >= 4 is 17.6 Å². The van der Waals surface area contributed by atoms with Crippen LogP contribution in [0.15, 0.2) is 47.0 Å². The van der Waals surface area contributed by atoms with E-state index < -0.39 is 0 Å². The first-order valence-electron chi connectivity index (χ1n) is 11.3. The molecular weight excluding hydrogens is 434 g/mol. The van der Waals surface area contributed by atoms with Crippen LogP contribution in [0.2, 0.25) is 0 Å². The number of aromatic nitrogens is 2. The van der Waals surface area contributed by atoms with Gasteiger partial charge in [-0.15, -0.1) is 0 Å². The fourth-order valence-electron chi connectivity index (χ4n) is 3.63. The van der Waals surface area contributed by atoms with Crippen molar-refractivity contribution < 1.29 is 18.8 Å². The normalized spacial score (nSPS) is 13.6. The summed E-state index contributed by atoms with van der Waals surface area (Å²) < 4.78 is 10.7. The van der Waals surface area contributed by atoms with Crippen LogP contribution in [-0.4, -0.2) is 71.8 Å². The van der Waals surface area contributed by atoms with Gasteiger partial charge in [-0.25, -0.2) is 4.79 Å². The zero-order valence-electron chi connectivity index (χ0n) is 19.7. The highest BCUT2D eigenvalue weighted by molar-refractivity contribution is 5.94. The van der Waals surface area contributed by atoms with Gasteiger partial charge in [-0.2, -0.15) is 4.98 Å². The van der Waals surface area contributed by atoms with Crippen molar-refractivity contribution in [1.82, 2.24) is 19.9 Å². The molecule has 3 amide bonds. The first-order chi connectivity index (χ1) is 16.4. The van der Waals surface area contributed by atoms with E-state index in [4.69, 9.17) is 9.26 Å². The molecule has 1 aliphatic heterocycles. The van der Waals surface area contributed by atoms with Crippen molar-refractivity contribution in [2.24, 2.45) is 0 Å². The molecule has 4 rings (SSSR count). The Bertz CT molecular complexity index is 1150. The summed E-state index contributed by atoms with van der Waals surface area (Å²) in [5, 5.41) is 6.97. The summed E-state index contributed by atoms with van der Waals surface area (Å²) in [4.78, 5) is 32.9. The maximum atomic E-state index is 12.6. The van der Waals surface area contributed by atoms with E-state index in [9.17, 15) is 9.59 Å². The van der Waals surface area contributed by atoms with Crippen LogP contribution in [0.25, 0.3) is 11.5 Å². The van der Waals surface area contributed by atoms with E-state index in [0.717, 1.165) is 22.4 Å². The Morgan fingerprint density at radius 3 is 2.56 bits per heavy atom. The van der Waals surface area contributed by atoms with E-state index in [2.05, 4.69) is 15.5 Å². The van der Waals surface area contributed by atoms with Crippen LogP contribution < -0.4 is 5.32 Å². The number of nitrogens with zero attached hydrogens (tertiary/aromatic N) is 4. The molecule has 0 bridgehead atoms. The molecule has 0 saturated carbocycles. The topological polar surface area (TPSA) is 101 Å². The molecule has 1 saturated heterocycles. The number of morpholine rings is 1. The van der Waals surface area contributed by atoms with Crippen LogP contribution in [0.5, 0.6) is 0 Å². The number of ether oxygens (including phenoxy) is 1. The lowest BCUT2D eigenvalue weighted by Crippen LogP contribution is -2.40. The summed E-state index contributed by atoms with van der Waals surface area (Å²) in [5.41, 5.74) is 4.24. The molecule has 1 fully saturated rings. The maximum Gasteiger partial charge on any atom is 0.321 e. The average molecular weight is 464 g/mol. The Morgan fingerprint density at radius 1 is 1.09 bits per heavy atom. The lowest BCUT2D eigenvalue weighted by molar-refractivity contribution is 0.0303. The fourth-order valence-corrected chi connectivity index (χ4v) is 3.63.